The van der Waals surface area contributed by atoms with Crippen LogP contribution in [0.15, 0.2) is 30.6 Å². The Morgan fingerprint density at radius 2 is 2.00 bits per heavy atom. The molecule has 0 aliphatic heterocycles. The summed E-state index contributed by atoms with van der Waals surface area (Å²) in [5.41, 5.74) is 2.13. The molecule has 0 spiro atoms. The van der Waals surface area contributed by atoms with E-state index in [1.807, 2.05) is 38.2 Å². The Morgan fingerprint density at radius 3 is 2.79 bits per heavy atom. The standard InChI is InChI=1S/C20H21N5OS2/c1-11-13(3)27-19-17(11)18(21-10-22-19)23-12(2)20(26)25(4)9-16-24-14-7-5-6-8-15(14)28-16/h5-8,10,12H,9H2,1-4H3,(H,21,22,23)/t12-/m1/s1. The quantitative estimate of drug-likeness (QED) is 0.528. The van der Waals surface area contributed by atoms with E-state index in [9.17, 15) is 4.79 Å². The molecule has 4 aromatic rings. The van der Waals surface area contributed by atoms with Crippen LogP contribution in [0.2, 0.25) is 0 Å². The molecular formula is C20H21N5OS2. The van der Waals surface area contributed by atoms with E-state index in [4.69, 9.17) is 0 Å². The first-order valence-corrected chi connectivity index (χ1v) is 10.6. The van der Waals surface area contributed by atoms with Gasteiger partial charge in [0.25, 0.3) is 0 Å². The maximum Gasteiger partial charge on any atom is 0.244 e. The molecule has 4 rings (SSSR count). The summed E-state index contributed by atoms with van der Waals surface area (Å²) in [6.07, 6.45) is 1.54. The molecule has 28 heavy (non-hydrogen) atoms. The molecule has 3 heterocycles. The van der Waals surface area contributed by atoms with E-state index in [1.54, 1.807) is 33.9 Å². The van der Waals surface area contributed by atoms with Crippen molar-refractivity contribution in [1.82, 2.24) is 19.9 Å². The van der Waals surface area contributed by atoms with E-state index >= 15 is 0 Å². The highest BCUT2D eigenvalue weighted by atomic mass is 32.1. The third kappa shape index (κ3) is 3.45. The Morgan fingerprint density at radius 1 is 1.21 bits per heavy atom. The zero-order valence-corrected chi connectivity index (χ0v) is 17.8. The number of amides is 1. The second-order valence-corrected chi connectivity index (χ2v) is 9.14. The molecule has 0 bridgehead atoms. The number of likely N-dealkylation sites (N-methyl/N-ethyl adjacent to an activating group) is 1. The van der Waals surface area contributed by atoms with Gasteiger partial charge >= 0.3 is 0 Å². The van der Waals surface area contributed by atoms with Crippen molar-refractivity contribution in [1.29, 1.82) is 0 Å². The van der Waals surface area contributed by atoms with Crippen molar-refractivity contribution < 1.29 is 4.79 Å². The SMILES string of the molecule is Cc1sc2ncnc(N[C@H](C)C(=O)N(C)Cc3nc4ccccc4s3)c2c1C. The highest BCUT2D eigenvalue weighted by Crippen LogP contribution is 2.32. The van der Waals surface area contributed by atoms with Crippen LogP contribution in [0.25, 0.3) is 20.4 Å². The predicted octanol–water partition coefficient (Wildman–Crippen LogP) is 4.38. The number of fused-ring (bicyclic) bond motifs is 2. The maximum absolute atomic E-state index is 12.9. The Bertz CT molecular complexity index is 1130. The van der Waals surface area contributed by atoms with Gasteiger partial charge in [-0.25, -0.2) is 15.0 Å². The van der Waals surface area contributed by atoms with Crippen LogP contribution in [-0.2, 0) is 11.3 Å². The normalized spacial score (nSPS) is 12.4. The summed E-state index contributed by atoms with van der Waals surface area (Å²) in [5.74, 6) is 0.705. The largest absolute Gasteiger partial charge is 0.358 e. The number of para-hydroxylation sites is 1. The minimum absolute atomic E-state index is 0.00405. The number of carbonyl (C=O) groups is 1. The summed E-state index contributed by atoms with van der Waals surface area (Å²) in [7, 11) is 1.81. The minimum atomic E-state index is -0.405. The van der Waals surface area contributed by atoms with Crippen LogP contribution < -0.4 is 5.32 Å². The molecule has 0 saturated heterocycles. The second-order valence-electron chi connectivity index (χ2n) is 6.82. The van der Waals surface area contributed by atoms with E-state index in [2.05, 4.69) is 34.1 Å². The number of nitrogens with zero attached hydrogens (tertiary/aromatic N) is 4. The summed E-state index contributed by atoms with van der Waals surface area (Å²) in [5, 5.41) is 5.21. The van der Waals surface area contributed by atoms with Crippen molar-refractivity contribution >= 4 is 54.8 Å². The molecule has 0 unspecified atom stereocenters. The van der Waals surface area contributed by atoms with Gasteiger partial charge in [-0.2, -0.15) is 0 Å². The molecule has 1 amide bonds. The molecule has 144 valence electrons. The van der Waals surface area contributed by atoms with Crippen LogP contribution in [0.3, 0.4) is 0 Å². The molecule has 1 atom stereocenters. The number of hydrogen-bond acceptors (Lipinski definition) is 7. The monoisotopic (exact) mass is 411 g/mol. The first-order chi connectivity index (χ1) is 13.4. The number of thiophene rings is 1. The maximum atomic E-state index is 12.9. The van der Waals surface area contributed by atoms with Crippen molar-refractivity contribution in [2.24, 2.45) is 0 Å². The van der Waals surface area contributed by atoms with Crippen molar-refractivity contribution in [3.8, 4) is 0 Å². The number of benzene rings is 1. The van der Waals surface area contributed by atoms with Crippen LogP contribution in [0.5, 0.6) is 0 Å². The number of thiazole rings is 1. The summed E-state index contributed by atoms with van der Waals surface area (Å²) < 4.78 is 1.14. The average molecular weight is 412 g/mol. The Kier molecular flexibility index (Phi) is 4.99. The van der Waals surface area contributed by atoms with Gasteiger partial charge < -0.3 is 10.2 Å². The molecule has 0 aliphatic carbocycles. The Labute approximate surface area is 171 Å². The fraction of sp³-hybridized carbons (Fsp3) is 0.300. The molecule has 1 aromatic carbocycles. The van der Waals surface area contributed by atoms with Gasteiger partial charge in [-0.1, -0.05) is 12.1 Å². The third-order valence-electron chi connectivity index (χ3n) is 4.78. The zero-order chi connectivity index (χ0) is 19.8. The van der Waals surface area contributed by atoms with Gasteiger partial charge in [0.2, 0.25) is 5.91 Å². The van der Waals surface area contributed by atoms with E-state index in [0.717, 1.165) is 31.0 Å². The summed E-state index contributed by atoms with van der Waals surface area (Å²) in [6.45, 7) is 6.49. The molecule has 8 heteroatoms. The molecule has 0 radical (unpaired) electrons. The van der Waals surface area contributed by atoms with Crippen molar-refractivity contribution in [3.05, 3.63) is 46.0 Å². The highest BCUT2D eigenvalue weighted by Gasteiger charge is 2.21. The summed E-state index contributed by atoms with van der Waals surface area (Å²) in [4.78, 5) is 30.1. The van der Waals surface area contributed by atoms with Gasteiger partial charge in [0.05, 0.1) is 22.1 Å². The lowest BCUT2D eigenvalue weighted by atomic mass is 10.2. The van der Waals surface area contributed by atoms with Gasteiger partial charge in [0.1, 0.15) is 28.0 Å². The first-order valence-electron chi connectivity index (χ1n) is 9.00. The fourth-order valence-electron chi connectivity index (χ4n) is 3.16. The third-order valence-corrected chi connectivity index (χ3v) is 6.91. The van der Waals surface area contributed by atoms with Gasteiger partial charge in [0.15, 0.2) is 0 Å². The Hall–Kier alpha value is -2.58. The zero-order valence-electron chi connectivity index (χ0n) is 16.2. The molecule has 6 nitrogen and oxygen atoms in total. The molecular weight excluding hydrogens is 390 g/mol. The predicted molar refractivity (Wildman–Crippen MR) is 116 cm³/mol. The van der Waals surface area contributed by atoms with Gasteiger partial charge in [-0.3, -0.25) is 4.79 Å². The van der Waals surface area contributed by atoms with E-state index in [1.165, 1.54) is 4.88 Å². The van der Waals surface area contributed by atoms with Crippen molar-refractivity contribution in [3.63, 3.8) is 0 Å². The van der Waals surface area contributed by atoms with E-state index in [-0.39, 0.29) is 5.91 Å². The van der Waals surface area contributed by atoms with Crippen LogP contribution in [-0.4, -0.2) is 38.8 Å². The highest BCUT2D eigenvalue weighted by molar-refractivity contribution is 7.19. The number of carbonyl (C=O) groups excluding carboxylic acids is 1. The molecule has 3 aromatic heterocycles. The number of hydrogen-bond donors (Lipinski definition) is 1. The topological polar surface area (TPSA) is 71.0 Å². The fourth-order valence-corrected chi connectivity index (χ4v) is 5.18. The number of anilines is 1. The van der Waals surface area contributed by atoms with Crippen molar-refractivity contribution in [2.75, 3.05) is 12.4 Å². The minimum Gasteiger partial charge on any atom is -0.358 e. The van der Waals surface area contributed by atoms with E-state index < -0.39 is 6.04 Å². The first kappa shape index (κ1) is 18.8. The molecule has 0 aliphatic rings. The molecule has 1 N–H and O–H groups in total. The molecule has 0 fully saturated rings. The number of rotatable bonds is 5. The number of nitrogens with one attached hydrogen (secondary N) is 1. The van der Waals surface area contributed by atoms with Crippen LogP contribution >= 0.6 is 22.7 Å². The van der Waals surface area contributed by atoms with Crippen LogP contribution in [0.1, 0.15) is 22.4 Å². The lowest BCUT2D eigenvalue weighted by Gasteiger charge is -2.22. The molecule has 0 saturated carbocycles. The number of aryl methyl sites for hydroxylation is 2. The van der Waals surface area contributed by atoms with Crippen molar-refractivity contribution in [2.45, 2.75) is 33.4 Å². The lowest BCUT2D eigenvalue weighted by molar-refractivity contribution is -0.130. The summed E-state index contributed by atoms with van der Waals surface area (Å²) in [6, 6.07) is 7.61. The second kappa shape index (κ2) is 7.44. The van der Waals surface area contributed by atoms with Crippen LogP contribution in [0, 0.1) is 13.8 Å². The van der Waals surface area contributed by atoms with Crippen LogP contribution in [0.4, 0.5) is 5.82 Å². The van der Waals surface area contributed by atoms with E-state index in [0.29, 0.717) is 12.4 Å². The average Bonchev–Trinajstić information content (AvgIpc) is 3.21. The Balaban J connectivity index is 1.50. The van der Waals surface area contributed by atoms with Gasteiger partial charge in [-0.05, 0) is 38.5 Å². The number of aromatic nitrogens is 3. The van der Waals surface area contributed by atoms with Gasteiger partial charge in [-0.15, -0.1) is 22.7 Å². The summed E-state index contributed by atoms with van der Waals surface area (Å²) >= 11 is 3.27. The smallest absolute Gasteiger partial charge is 0.244 e. The van der Waals surface area contributed by atoms with Gasteiger partial charge in [0, 0.05) is 11.9 Å². The lowest BCUT2D eigenvalue weighted by Crippen LogP contribution is -2.38.